The molecule has 1 heterocycles. The lowest BCUT2D eigenvalue weighted by Crippen LogP contribution is -2.41. The van der Waals surface area contributed by atoms with Crippen LogP contribution in [0.25, 0.3) is 0 Å². The van der Waals surface area contributed by atoms with Crippen molar-refractivity contribution in [2.45, 2.75) is 51.7 Å². The number of hydrogen-bond acceptors (Lipinski definition) is 6. The van der Waals surface area contributed by atoms with E-state index in [2.05, 4.69) is 21.6 Å². The summed E-state index contributed by atoms with van der Waals surface area (Å²) in [6.45, 7) is 4.05. The molecule has 0 aliphatic heterocycles. The lowest BCUT2D eigenvalue weighted by atomic mass is 9.99. The molecule has 0 radical (unpaired) electrons. The predicted molar refractivity (Wildman–Crippen MR) is 127 cm³/mol. The number of hydrogen-bond donors (Lipinski definition) is 2. The highest BCUT2D eigenvalue weighted by Crippen LogP contribution is 2.35. The Labute approximate surface area is 206 Å². The number of amides is 1. The summed E-state index contributed by atoms with van der Waals surface area (Å²) >= 11 is 0. The summed E-state index contributed by atoms with van der Waals surface area (Å²) in [5.41, 5.74) is 3.89. The second kappa shape index (κ2) is 10.6. The van der Waals surface area contributed by atoms with Crippen LogP contribution in [0.5, 0.6) is 11.6 Å². The fraction of sp³-hybridized carbons (Fsp3) is 0.346. The first-order valence-electron chi connectivity index (χ1n) is 11.6. The van der Waals surface area contributed by atoms with Gasteiger partial charge < -0.3 is 14.9 Å². The Morgan fingerprint density at radius 2 is 1.94 bits per heavy atom. The zero-order valence-corrected chi connectivity index (χ0v) is 20.0. The third-order valence-corrected chi connectivity index (χ3v) is 6.17. The van der Waals surface area contributed by atoms with E-state index < -0.39 is 23.7 Å². The van der Waals surface area contributed by atoms with Gasteiger partial charge in [-0.2, -0.15) is 18.3 Å². The monoisotopic (exact) mass is 500 g/mol. The molecule has 1 atom stereocenters. The van der Waals surface area contributed by atoms with Crippen LogP contribution in [-0.2, 0) is 30.3 Å². The minimum Gasteiger partial charge on any atom is -0.437 e. The third kappa shape index (κ3) is 5.83. The molecule has 0 bridgehead atoms. The molecule has 1 aliphatic rings. The van der Waals surface area contributed by atoms with Crippen molar-refractivity contribution in [2.24, 2.45) is 5.90 Å². The number of alkyl halides is 3. The maximum Gasteiger partial charge on any atom is 0.416 e. The van der Waals surface area contributed by atoms with Gasteiger partial charge in [-0.3, -0.25) is 4.79 Å². The lowest BCUT2D eigenvalue weighted by molar-refractivity contribution is -0.137. The van der Waals surface area contributed by atoms with Crippen LogP contribution in [0.2, 0.25) is 0 Å². The molecule has 3 aromatic rings. The van der Waals surface area contributed by atoms with E-state index in [1.165, 1.54) is 12.1 Å². The molecule has 36 heavy (non-hydrogen) atoms. The van der Waals surface area contributed by atoms with Gasteiger partial charge >= 0.3 is 6.18 Å². The summed E-state index contributed by atoms with van der Waals surface area (Å²) < 4.78 is 45.2. The molecule has 7 nitrogen and oxygen atoms in total. The van der Waals surface area contributed by atoms with Gasteiger partial charge in [-0.05, 0) is 74.4 Å². The molecular formula is C26H27F3N4O3. The molecule has 0 saturated carbocycles. The highest BCUT2D eigenvalue weighted by Gasteiger charge is 2.32. The summed E-state index contributed by atoms with van der Waals surface area (Å²) in [7, 11) is 0. The topological polar surface area (TPSA) is 99.4 Å². The number of aromatic nitrogens is 2. The first-order chi connectivity index (χ1) is 17.2. The second-order valence-electron chi connectivity index (χ2n) is 8.92. The summed E-state index contributed by atoms with van der Waals surface area (Å²) in [4.78, 5) is 18.4. The van der Waals surface area contributed by atoms with Gasteiger partial charge in [-0.1, -0.05) is 29.8 Å². The van der Waals surface area contributed by atoms with Crippen molar-refractivity contribution >= 4 is 5.91 Å². The van der Waals surface area contributed by atoms with E-state index in [0.717, 1.165) is 35.2 Å². The second-order valence-corrected chi connectivity index (χ2v) is 8.92. The number of carbonyl (C=O) groups excluding carboxylic acids is 1. The Balaban J connectivity index is 1.63. The van der Waals surface area contributed by atoms with Crippen molar-refractivity contribution in [3.05, 3.63) is 81.5 Å². The highest BCUT2D eigenvalue weighted by molar-refractivity contribution is 5.98. The Hall–Kier alpha value is -3.50. The molecule has 4 rings (SSSR count). The van der Waals surface area contributed by atoms with Gasteiger partial charge in [0, 0.05) is 0 Å². The number of rotatable bonds is 8. The van der Waals surface area contributed by atoms with Crippen LogP contribution in [0.15, 0.2) is 42.5 Å². The Kier molecular flexibility index (Phi) is 7.56. The van der Waals surface area contributed by atoms with Gasteiger partial charge in [0.05, 0.1) is 23.9 Å². The van der Waals surface area contributed by atoms with Crippen LogP contribution in [0, 0.1) is 13.8 Å². The first kappa shape index (κ1) is 25.6. The summed E-state index contributed by atoms with van der Waals surface area (Å²) in [5, 5.41) is 11.1. The number of nitrogens with one attached hydrogen (secondary N) is 1. The number of fused-ring (bicyclic) bond motifs is 1. The van der Waals surface area contributed by atoms with E-state index in [1.807, 2.05) is 26.0 Å². The zero-order chi connectivity index (χ0) is 25.9. The van der Waals surface area contributed by atoms with Crippen molar-refractivity contribution in [3.8, 4) is 11.6 Å². The van der Waals surface area contributed by atoms with E-state index in [1.54, 1.807) is 0 Å². The molecule has 2 aromatic carbocycles. The maximum absolute atomic E-state index is 13.5. The minimum atomic E-state index is -4.53. The number of ether oxygens (including phenoxy) is 1. The molecule has 0 fully saturated rings. The third-order valence-electron chi connectivity index (χ3n) is 6.17. The largest absolute Gasteiger partial charge is 0.437 e. The van der Waals surface area contributed by atoms with Crippen molar-refractivity contribution in [2.75, 3.05) is 6.61 Å². The van der Waals surface area contributed by atoms with Crippen molar-refractivity contribution in [1.82, 2.24) is 15.5 Å². The number of carbonyl (C=O) groups is 1. The van der Waals surface area contributed by atoms with Crippen molar-refractivity contribution < 1.29 is 27.5 Å². The molecule has 1 aromatic heterocycles. The Morgan fingerprint density at radius 3 is 2.67 bits per heavy atom. The maximum atomic E-state index is 13.5. The van der Waals surface area contributed by atoms with Crippen molar-refractivity contribution in [3.63, 3.8) is 0 Å². The van der Waals surface area contributed by atoms with E-state index in [-0.39, 0.29) is 23.8 Å². The van der Waals surface area contributed by atoms with Crippen LogP contribution in [-0.4, -0.2) is 28.8 Å². The number of aryl methyl sites for hydroxylation is 3. The standard InChI is InChI=1S/C26H27F3N4O3/c1-15-9-10-17(16(2)11-15)12-19(14-35-30)31-24(34)23-21-7-4-8-22(21)32-33-25(23)36-20-6-3-5-18(13-20)26(27,28)29/h3,5-6,9-11,13,19H,4,7-8,12,14,30H2,1-2H3,(H,31,34)/t19-/m1/s1. The Bertz CT molecular complexity index is 1260. The molecule has 190 valence electrons. The molecule has 1 amide bonds. The summed E-state index contributed by atoms with van der Waals surface area (Å²) in [6.07, 6.45) is -2.03. The number of nitrogens with two attached hydrogens (primary N) is 1. The van der Waals surface area contributed by atoms with E-state index in [9.17, 15) is 18.0 Å². The predicted octanol–water partition coefficient (Wildman–Crippen LogP) is 4.62. The SMILES string of the molecule is Cc1ccc(C[C@H](CON)NC(=O)c2c(Oc3cccc(C(F)(F)F)c3)nnc3c2CCC3)c(C)c1. The van der Waals surface area contributed by atoms with Gasteiger partial charge in [0.25, 0.3) is 11.8 Å². The highest BCUT2D eigenvalue weighted by atomic mass is 19.4. The van der Waals surface area contributed by atoms with Gasteiger partial charge in [-0.15, -0.1) is 5.10 Å². The van der Waals surface area contributed by atoms with Crippen LogP contribution in [0.1, 0.15) is 50.3 Å². The number of nitrogens with zero attached hydrogens (tertiary/aromatic N) is 2. The lowest BCUT2D eigenvalue weighted by Gasteiger charge is -2.21. The number of benzene rings is 2. The average molecular weight is 501 g/mol. The molecule has 10 heteroatoms. The molecule has 0 spiro atoms. The van der Waals surface area contributed by atoms with Crippen LogP contribution in [0.4, 0.5) is 13.2 Å². The van der Waals surface area contributed by atoms with Crippen LogP contribution in [0.3, 0.4) is 0 Å². The van der Waals surface area contributed by atoms with Gasteiger partial charge in [0.15, 0.2) is 0 Å². The average Bonchev–Trinajstić information content (AvgIpc) is 3.29. The smallest absolute Gasteiger partial charge is 0.416 e. The quantitative estimate of drug-likeness (QED) is 0.438. The normalized spacial score (nSPS) is 13.8. The van der Waals surface area contributed by atoms with Crippen molar-refractivity contribution in [1.29, 1.82) is 0 Å². The number of halogens is 3. The first-order valence-corrected chi connectivity index (χ1v) is 11.6. The molecule has 0 unspecified atom stereocenters. The zero-order valence-electron chi connectivity index (χ0n) is 20.0. The molecule has 1 aliphatic carbocycles. The molecule has 3 N–H and O–H groups in total. The molecular weight excluding hydrogens is 473 g/mol. The van der Waals surface area contributed by atoms with Crippen LogP contribution < -0.4 is 16.0 Å². The van der Waals surface area contributed by atoms with Gasteiger partial charge in [0.2, 0.25) is 0 Å². The van der Waals surface area contributed by atoms with E-state index in [0.29, 0.717) is 30.5 Å². The van der Waals surface area contributed by atoms with Crippen LogP contribution >= 0.6 is 0 Å². The fourth-order valence-corrected chi connectivity index (χ4v) is 4.41. The van der Waals surface area contributed by atoms with E-state index in [4.69, 9.17) is 15.5 Å². The Morgan fingerprint density at radius 1 is 1.14 bits per heavy atom. The summed E-state index contributed by atoms with van der Waals surface area (Å²) in [6, 6.07) is 9.99. The minimum absolute atomic E-state index is 0.0591. The van der Waals surface area contributed by atoms with E-state index >= 15 is 0 Å². The van der Waals surface area contributed by atoms with Gasteiger partial charge in [-0.25, -0.2) is 5.90 Å². The van der Waals surface area contributed by atoms with Gasteiger partial charge in [0.1, 0.15) is 11.3 Å². The summed E-state index contributed by atoms with van der Waals surface area (Å²) in [5.74, 6) is 4.62. The molecule has 0 saturated heterocycles. The fourth-order valence-electron chi connectivity index (χ4n) is 4.41.